The van der Waals surface area contributed by atoms with Gasteiger partial charge in [0.15, 0.2) is 0 Å². The Bertz CT molecular complexity index is 1540. The molecular formula is C28H23BrN4O. The van der Waals surface area contributed by atoms with Gasteiger partial charge in [0.2, 0.25) is 0 Å². The van der Waals surface area contributed by atoms with Crippen LogP contribution in [0.5, 0.6) is 0 Å². The number of rotatable bonds is 5. The summed E-state index contributed by atoms with van der Waals surface area (Å²) in [6, 6.07) is 28.4. The van der Waals surface area contributed by atoms with Crippen LogP contribution in [0.25, 0.3) is 21.7 Å². The smallest absolute Gasteiger partial charge is 0.339 e. The summed E-state index contributed by atoms with van der Waals surface area (Å²) in [6.45, 7) is 2.72. The van der Waals surface area contributed by atoms with Gasteiger partial charge < -0.3 is 9.88 Å². The topological polar surface area (TPSA) is 58.4 Å². The fraction of sp³-hybridized carbons (Fsp3) is 0.0714. The molecule has 0 saturated carbocycles. The molecule has 2 amide bonds. The Hall–Kier alpha value is -3.90. The van der Waals surface area contributed by atoms with Gasteiger partial charge in [0.1, 0.15) is 0 Å². The van der Waals surface area contributed by atoms with E-state index in [9.17, 15) is 4.79 Å². The highest BCUT2D eigenvalue weighted by Crippen LogP contribution is 2.23. The van der Waals surface area contributed by atoms with Crippen molar-refractivity contribution in [2.45, 2.75) is 13.5 Å². The molecule has 0 saturated heterocycles. The normalized spacial score (nSPS) is 11.4. The van der Waals surface area contributed by atoms with Crippen LogP contribution in [0.1, 0.15) is 16.7 Å². The number of nitrogens with zero attached hydrogens (tertiary/aromatic N) is 2. The summed E-state index contributed by atoms with van der Waals surface area (Å²) in [5.41, 5.74) is 7.59. The van der Waals surface area contributed by atoms with Gasteiger partial charge in [-0.05, 0) is 59.2 Å². The van der Waals surface area contributed by atoms with Crippen molar-refractivity contribution >= 4 is 55.5 Å². The first-order valence-corrected chi connectivity index (χ1v) is 11.8. The predicted molar refractivity (Wildman–Crippen MR) is 144 cm³/mol. The summed E-state index contributed by atoms with van der Waals surface area (Å²) >= 11 is 3.46. The molecule has 0 aliphatic carbocycles. The Morgan fingerprint density at radius 2 is 1.76 bits per heavy atom. The van der Waals surface area contributed by atoms with Crippen molar-refractivity contribution in [2.24, 2.45) is 5.10 Å². The average Bonchev–Trinajstić information content (AvgIpc) is 3.19. The number of fused-ring (bicyclic) bond motifs is 2. The third-order valence-corrected chi connectivity index (χ3v) is 6.66. The quantitative estimate of drug-likeness (QED) is 0.193. The zero-order valence-electron chi connectivity index (χ0n) is 18.6. The highest BCUT2D eigenvalue weighted by molar-refractivity contribution is 9.10. The highest BCUT2D eigenvalue weighted by atomic mass is 79.9. The van der Waals surface area contributed by atoms with Crippen LogP contribution in [0.2, 0.25) is 0 Å². The Labute approximate surface area is 206 Å². The number of hydrogen-bond acceptors (Lipinski definition) is 2. The number of carbonyl (C=O) groups is 1. The SMILES string of the molecule is Cc1cc(NC(=O)N/N=C/c2cn(Cc3ccc4ccccc4c3)c3ccccc23)ccc1Br. The lowest BCUT2D eigenvalue weighted by Gasteiger charge is -2.07. The largest absolute Gasteiger partial charge is 0.342 e. The molecule has 2 N–H and O–H groups in total. The maximum Gasteiger partial charge on any atom is 0.339 e. The van der Waals surface area contributed by atoms with Gasteiger partial charge in [0, 0.05) is 39.4 Å². The number of nitrogens with one attached hydrogen (secondary N) is 2. The van der Waals surface area contributed by atoms with Crippen molar-refractivity contribution < 1.29 is 4.79 Å². The van der Waals surface area contributed by atoms with Gasteiger partial charge in [0.05, 0.1) is 6.21 Å². The molecule has 0 aliphatic heterocycles. The van der Waals surface area contributed by atoms with Gasteiger partial charge in [-0.2, -0.15) is 5.10 Å². The number of hydrogen-bond donors (Lipinski definition) is 2. The van der Waals surface area contributed by atoms with Gasteiger partial charge in [-0.15, -0.1) is 0 Å². The second kappa shape index (κ2) is 9.53. The minimum Gasteiger partial charge on any atom is -0.342 e. The molecule has 0 spiro atoms. The van der Waals surface area contributed by atoms with Crippen LogP contribution in [0, 0.1) is 6.92 Å². The van der Waals surface area contributed by atoms with Crippen LogP contribution in [0.15, 0.2) is 101 Å². The van der Waals surface area contributed by atoms with E-state index in [0.717, 1.165) is 33.0 Å². The van der Waals surface area contributed by atoms with E-state index < -0.39 is 6.03 Å². The molecule has 1 aromatic heterocycles. The van der Waals surface area contributed by atoms with Crippen molar-refractivity contribution in [1.29, 1.82) is 0 Å². The summed E-state index contributed by atoms with van der Waals surface area (Å²) in [5, 5.41) is 10.5. The second-order valence-corrected chi connectivity index (χ2v) is 9.05. The summed E-state index contributed by atoms with van der Waals surface area (Å²) in [6.07, 6.45) is 3.76. The Morgan fingerprint density at radius 1 is 0.971 bits per heavy atom. The molecule has 5 rings (SSSR count). The molecule has 5 aromatic rings. The van der Waals surface area contributed by atoms with Crippen molar-refractivity contribution in [2.75, 3.05) is 5.32 Å². The number of aromatic nitrogens is 1. The van der Waals surface area contributed by atoms with E-state index in [1.54, 1.807) is 6.21 Å². The van der Waals surface area contributed by atoms with Crippen molar-refractivity contribution in [3.63, 3.8) is 0 Å². The van der Waals surface area contributed by atoms with Crippen LogP contribution >= 0.6 is 15.9 Å². The summed E-state index contributed by atoms with van der Waals surface area (Å²) in [7, 11) is 0. The third kappa shape index (κ3) is 4.72. The fourth-order valence-corrected chi connectivity index (χ4v) is 4.33. The minimum absolute atomic E-state index is 0.391. The second-order valence-electron chi connectivity index (χ2n) is 8.20. The van der Waals surface area contributed by atoms with Crippen molar-refractivity contribution in [1.82, 2.24) is 9.99 Å². The van der Waals surface area contributed by atoms with Crippen LogP contribution < -0.4 is 10.7 Å². The number of halogens is 1. The number of benzene rings is 4. The van der Waals surface area contributed by atoms with E-state index in [0.29, 0.717) is 5.69 Å². The van der Waals surface area contributed by atoms with Crippen LogP contribution in [0.3, 0.4) is 0 Å². The summed E-state index contributed by atoms with van der Waals surface area (Å²) < 4.78 is 3.21. The maximum absolute atomic E-state index is 12.3. The molecule has 0 aliphatic rings. The van der Waals surface area contributed by atoms with E-state index in [1.807, 2.05) is 37.3 Å². The molecule has 5 nitrogen and oxygen atoms in total. The monoisotopic (exact) mass is 510 g/mol. The molecule has 4 aromatic carbocycles. The molecule has 0 unspecified atom stereocenters. The van der Waals surface area contributed by atoms with Gasteiger partial charge in [0.25, 0.3) is 0 Å². The molecule has 1 heterocycles. The Kier molecular flexibility index (Phi) is 6.14. The molecule has 0 radical (unpaired) electrons. The van der Waals surface area contributed by atoms with Crippen LogP contribution in [0.4, 0.5) is 10.5 Å². The zero-order chi connectivity index (χ0) is 23.5. The van der Waals surface area contributed by atoms with Crippen molar-refractivity contribution in [3.05, 3.63) is 112 Å². The first kappa shape index (κ1) is 21.9. The molecule has 168 valence electrons. The molecule has 0 bridgehead atoms. The Balaban J connectivity index is 1.33. The fourth-order valence-electron chi connectivity index (χ4n) is 4.08. The number of urea groups is 1. The highest BCUT2D eigenvalue weighted by Gasteiger charge is 2.08. The Morgan fingerprint density at radius 3 is 2.62 bits per heavy atom. The number of aryl methyl sites for hydroxylation is 1. The van der Waals surface area contributed by atoms with E-state index in [2.05, 4.69) is 97.1 Å². The molecule has 0 fully saturated rings. The number of carbonyl (C=O) groups excluding carboxylic acids is 1. The van der Waals surface area contributed by atoms with E-state index >= 15 is 0 Å². The van der Waals surface area contributed by atoms with E-state index in [1.165, 1.54) is 16.3 Å². The lowest BCUT2D eigenvalue weighted by Crippen LogP contribution is -2.24. The first-order valence-electron chi connectivity index (χ1n) is 11.0. The standard InChI is InChI=1S/C28H23BrN4O/c1-19-14-24(12-13-26(19)29)31-28(34)32-30-16-23-18-33(27-9-5-4-8-25(23)27)17-20-10-11-21-6-2-3-7-22(21)15-20/h2-16,18H,17H2,1H3,(H2,31,32,34)/b30-16+. The van der Waals surface area contributed by atoms with E-state index in [4.69, 9.17) is 0 Å². The lowest BCUT2D eigenvalue weighted by atomic mass is 10.1. The average molecular weight is 511 g/mol. The lowest BCUT2D eigenvalue weighted by molar-refractivity contribution is 0.252. The predicted octanol–water partition coefficient (Wildman–Crippen LogP) is 7.07. The van der Waals surface area contributed by atoms with Crippen LogP contribution in [-0.2, 0) is 6.54 Å². The third-order valence-electron chi connectivity index (χ3n) is 5.77. The van der Waals surface area contributed by atoms with Crippen LogP contribution in [-0.4, -0.2) is 16.8 Å². The van der Waals surface area contributed by atoms with Gasteiger partial charge in [-0.1, -0.05) is 70.5 Å². The first-order chi connectivity index (χ1) is 16.6. The maximum atomic E-state index is 12.3. The van der Waals surface area contributed by atoms with Gasteiger partial charge >= 0.3 is 6.03 Å². The summed E-state index contributed by atoms with van der Waals surface area (Å²) in [5.74, 6) is 0. The minimum atomic E-state index is -0.391. The number of para-hydroxylation sites is 1. The zero-order valence-corrected chi connectivity index (χ0v) is 20.2. The van der Waals surface area contributed by atoms with E-state index in [-0.39, 0.29) is 0 Å². The molecule has 6 heteroatoms. The number of anilines is 1. The molecular weight excluding hydrogens is 488 g/mol. The molecule has 0 atom stereocenters. The number of amides is 2. The molecule has 34 heavy (non-hydrogen) atoms. The van der Waals surface area contributed by atoms with Crippen molar-refractivity contribution in [3.8, 4) is 0 Å². The van der Waals surface area contributed by atoms with Gasteiger partial charge in [-0.25, -0.2) is 10.2 Å². The van der Waals surface area contributed by atoms with Gasteiger partial charge in [-0.3, -0.25) is 0 Å². The number of hydrazone groups is 1. The summed E-state index contributed by atoms with van der Waals surface area (Å²) in [4.78, 5) is 12.3.